The number of rotatable bonds is 3. The molecule has 100 valence electrons. The average molecular weight is 283 g/mol. The zero-order valence-electron chi connectivity index (χ0n) is 11.3. The number of fused-ring (bicyclic) bond motifs is 1. The van der Waals surface area contributed by atoms with Gasteiger partial charge in [-0.1, -0.05) is 41.9 Å². The summed E-state index contributed by atoms with van der Waals surface area (Å²) in [5.74, 6) is 0.910. The minimum atomic E-state index is 0.683. The van der Waals surface area contributed by atoms with Crippen LogP contribution in [-0.2, 0) is 0 Å². The molecule has 0 spiro atoms. The van der Waals surface area contributed by atoms with Crippen molar-refractivity contribution < 1.29 is 4.74 Å². The molecule has 1 nitrogen and oxygen atoms in total. The predicted molar refractivity (Wildman–Crippen MR) is 85.6 cm³/mol. The molecular formula is C18H15ClO. The highest BCUT2D eigenvalue weighted by Crippen LogP contribution is 2.27. The van der Waals surface area contributed by atoms with Crippen LogP contribution in [0.25, 0.3) is 21.9 Å². The predicted octanol–water partition coefficient (Wildman–Crippen LogP) is 5.56. The van der Waals surface area contributed by atoms with Crippen LogP contribution >= 0.6 is 11.6 Å². The molecule has 0 atom stereocenters. The van der Waals surface area contributed by atoms with Crippen molar-refractivity contribution in [1.29, 1.82) is 0 Å². The minimum Gasteiger partial charge on any atom is -0.494 e. The molecule has 0 aliphatic rings. The van der Waals surface area contributed by atoms with E-state index in [1.54, 1.807) is 0 Å². The van der Waals surface area contributed by atoms with E-state index in [1.807, 2.05) is 37.3 Å². The summed E-state index contributed by atoms with van der Waals surface area (Å²) in [7, 11) is 0. The molecular weight excluding hydrogens is 268 g/mol. The van der Waals surface area contributed by atoms with Gasteiger partial charge in [-0.25, -0.2) is 0 Å². The minimum absolute atomic E-state index is 0.683. The van der Waals surface area contributed by atoms with Gasteiger partial charge in [0.25, 0.3) is 0 Å². The van der Waals surface area contributed by atoms with E-state index in [2.05, 4.69) is 30.3 Å². The number of hydrogen-bond donors (Lipinski definition) is 0. The standard InChI is InChI=1S/C18H15ClO/c1-2-20-18-10-7-14-3-4-15(11-16(14)12-18)13-5-8-17(19)9-6-13/h3-12H,2H2,1H3. The Kier molecular flexibility index (Phi) is 3.62. The molecule has 0 amide bonds. The van der Waals surface area contributed by atoms with Crippen LogP contribution in [0.1, 0.15) is 6.92 Å². The van der Waals surface area contributed by atoms with Gasteiger partial charge < -0.3 is 4.74 Å². The van der Waals surface area contributed by atoms with Gasteiger partial charge in [0.1, 0.15) is 5.75 Å². The summed E-state index contributed by atoms with van der Waals surface area (Å²) in [6.45, 7) is 2.68. The van der Waals surface area contributed by atoms with Crippen LogP contribution in [-0.4, -0.2) is 6.61 Å². The molecule has 0 bridgehead atoms. The second-order valence-corrected chi connectivity index (χ2v) is 5.10. The maximum absolute atomic E-state index is 5.93. The number of halogens is 1. The van der Waals surface area contributed by atoms with Crippen molar-refractivity contribution in [3.05, 3.63) is 65.7 Å². The van der Waals surface area contributed by atoms with Gasteiger partial charge >= 0.3 is 0 Å². The molecule has 0 heterocycles. The third-order valence-corrected chi connectivity index (χ3v) is 3.55. The summed E-state index contributed by atoms with van der Waals surface area (Å²) in [6, 6.07) is 20.5. The van der Waals surface area contributed by atoms with Crippen LogP contribution in [0.15, 0.2) is 60.7 Å². The van der Waals surface area contributed by atoms with E-state index in [-0.39, 0.29) is 0 Å². The molecule has 0 unspecified atom stereocenters. The molecule has 3 rings (SSSR count). The summed E-state index contributed by atoms with van der Waals surface area (Å²) in [4.78, 5) is 0. The molecule has 0 fully saturated rings. The van der Waals surface area contributed by atoms with E-state index in [1.165, 1.54) is 16.3 Å². The van der Waals surface area contributed by atoms with Crippen molar-refractivity contribution in [2.24, 2.45) is 0 Å². The topological polar surface area (TPSA) is 9.23 Å². The smallest absolute Gasteiger partial charge is 0.119 e. The fourth-order valence-electron chi connectivity index (χ4n) is 2.30. The number of hydrogen-bond acceptors (Lipinski definition) is 1. The average Bonchev–Trinajstić information content (AvgIpc) is 2.48. The summed E-state index contributed by atoms with van der Waals surface area (Å²) in [5.41, 5.74) is 2.35. The second kappa shape index (κ2) is 5.56. The molecule has 0 aromatic heterocycles. The van der Waals surface area contributed by atoms with Crippen LogP contribution in [0.3, 0.4) is 0 Å². The monoisotopic (exact) mass is 282 g/mol. The van der Waals surface area contributed by atoms with E-state index in [9.17, 15) is 0 Å². The van der Waals surface area contributed by atoms with Crippen LogP contribution in [0.2, 0.25) is 5.02 Å². The zero-order valence-corrected chi connectivity index (χ0v) is 12.0. The molecule has 20 heavy (non-hydrogen) atoms. The molecule has 3 aromatic carbocycles. The lowest BCUT2D eigenvalue weighted by atomic mass is 10.0. The van der Waals surface area contributed by atoms with E-state index in [4.69, 9.17) is 16.3 Å². The van der Waals surface area contributed by atoms with Gasteiger partial charge in [-0.15, -0.1) is 0 Å². The summed E-state index contributed by atoms with van der Waals surface area (Å²) in [6.07, 6.45) is 0. The van der Waals surface area contributed by atoms with E-state index in [0.717, 1.165) is 16.3 Å². The SMILES string of the molecule is CCOc1ccc2ccc(-c3ccc(Cl)cc3)cc2c1. The maximum atomic E-state index is 5.93. The molecule has 0 aliphatic carbocycles. The van der Waals surface area contributed by atoms with Gasteiger partial charge in [0.05, 0.1) is 6.61 Å². The highest BCUT2D eigenvalue weighted by Gasteiger charge is 2.01. The summed E-state index contributed by atoms with van der Waals surface area (Å²) < 4.78 is 5.56. The Labute approximate surface area is 123 Å². The third-order valence-electron chi connectivity index (χ3n) is 3.30. The van der Waals surface area contributed by atoms with Crippen molar-refractivity contribution in [1.82, 2.24) is 0 Å². The maximum Gasteiger partial charge on any atom is 0.119 e. The Morgan fingerprint density at radius 1 is 0.800 bits per heavy atom. The van der Waals surface area contributed by atoms with Gasteiger partial charge in [0.15, 0.2) is 0 Å². The number of benzene rings is 3. The van der Waals surface area contributed by atoms with Crippen molar-refractivity contribution in [2.75, 3.05) is 6.61 Å². The Balaban J connectivity index is 2.06. The van der Waals surface area contributed by atoms with Crippen LogP contribution in [0.4, 0.5) is 0 Å². The fraction of sp³-hybridized carbons (Fsp3) is 0.111. The molecule has 2 heteroatoms. The highest BCUT2D eigenvalue weighted by molar-refractivity contribution is 6.30. The van der Waals surface area contributed by atoms with Gasteiger partial charge in [-0.05, 0) is 59.2 Å². The Morgan fingerprint density at radius 3 is 2.25 bits per heavy atom. The first-order chi connectivity index (χ1) is 9.76. The Morgan fingerprint density at radius 2 is 1.50 bits per heavy atom. The van der Waals surface area contributed by atoms with Gasteiger partial charge in [-0.3, -0.25) is 0 Å². The lowest BCUT2D eigenvalue weighted by Gasteiger charge is -2.07. The van der Waals surface area contributed by atoms with Crippen molar-refractivity contribution in [3.63, 3.8) is 0 Å². The first kappa shape index (κ1) is 13.0. The van der Waals surface area contributed by atoms with Gasteiger partial charge in [-0.2, -0.15) is 0 Å². The van der Waals surface area contributed by atoms with Crippen molar-refractivity contribution >= 4 is 22.4 Å². The largest absolute Gasteiger partial charge is 0.494 e. The van der Waals surface area contributed by atoms with Gasteiger partial charge in [0.2, 0.25) is 0 Å². The quantitative estimate of drug-likeness (QED) is 0.611. The zero-order chi connectivity index (χ0) is 13.9. The van der Waals surface area contributed by atoms with E-state index in [0.29, 0.717) is 6.61 Å². The van der Waals surface area contributed by atoms with Crippen LogP contribution in [0, 0.1) is 0 Å². The normalized spacial score (nSPS) is 10.7. The third kappa shape index (κ3) is 2.63. The van der Waals surface area contributed by atoms with Gasteiger partial charge in [0, 0.05) is 5.02 Å². The second-order valence-electron chi connectivity index (χ2n) is 4.66. The Bertz CT molecular complexity index is 732. The molecule has 0 saturated carbocycles. The molecule has 3 aromatic rings. The molecule has 0 aliphatic heterocycles. The van der Waals surface area contributed by atoms with Crippen LogP contribution in [0.5, 0.6) is 5.75 Å². The lowest BCUT2D eigenvalue weighted by molar-refractivity contribution is 0.341. The molecule has 0 N–H and O–H groups in total. The molecule has 0 saturated heterocycles. The Hall–Kier alpha value is -1.99. The fourth-order valence-corrected chi connectivity index (χ4v) is 2.43. The highest BCUT2D eigenvalue weighted by atomic mass is 35.5. The van der Waals surface area contributed by atoms with Crippen molar-refractivity contribution in [3.8, 4) is 16.9 Å². The van der Waals surface area contributed by atoms with E-state index < -0.39 is 0 Å². The lowest BCUT2D eigenvalue weighted by Crippen LogP contribution is -1.90. The van der Waals surface area contributed by atoms with Crippen molar-refractivity contribution in [2.45, 2.75) is 6.92 Å². The first-order valence-electron chi connectivity index (χ1n) is 6.69. The number of ether oxygens (including phenoxy) is 1. The first-order valence-corrected chi connectivity index (χ1v) is 7.06. The molecule has 0 radical (unpaired) electrons. The van der Waals surface area contributed by atoms with E-state index >= 15 is 0 Å². The van der Waals surface area contributed by atoms with Crippen LogP contribution < -0.4 is 4.74 Å². The summed E-state index contributed by atoms with van der Waals surface area (Å²) >= 11 is 5.93. The summed E-state index contributed by atoms with van der Waals surface area (Å²) in [5, 5.41) is 3.16.